The Hall–Kier alpha value is -2.96. The molecular weight excluding hydrogens is 330 g/mol. The lowest BCUT2D eigenvalue weighted by atomic mass is 10.1. The fourth-order valence-electron chi connectivity index (χ4n) is 2.75. The van der Waals surface area contributed by atoms with Crippen molar-refractivity contribution in [1.29, 1.82) is 0 Å². The van der Waals surface area contributed by atoms with Gasteiger partial charge in [-0.1, -0.05) is 13.8 Å². The Morgan fingerprint density at radius 3 is 2.81 bits per heavy atom. The minimum atomic E-state index is -0.265. The summed E-state index contributed by atoms with van der Waals surface area (Å²) < 4.78 is 7.07. The van der Waals surface area contributed by atoms with Gasteiger partial charge in [-0.25, -0.2) is 9.48 Å². The van der Waals surface area contributed by atoms with Crippen molar-refractivity contribution in [3.8, 4) is 5.75 Å². The van der Waals surface area contributed by atoms with Gasteiger partial charge in [-0.2, -0.15) is 5.10 Å². The molecule has 7 heteroatoms. The third-order valence-electron chi connectivity index (χ3n) is 4.59. The molecule has 26 heavy (non-hydrogen) atoms. The van der Waals surface area contributed by atoms with Crippen LogP contribution in [0, 0.1) is 5.92 Å². The number of aromatic amines is 1. The quantitative estimate of drug-likeness (QED) is 0.627. The third-order valence-corrected chi connectivity index (χ3v) is 4.59. The number of rotatable bonds is 6. The molecule has 1 aromatic carbocycles. The molecule has 0 aliphatic carbocycles. The molecule has 3 rings (SSSR count). The summed E-state index contributed by atoms with van der Waals surface area (Å²) >= 11 is 0. The number of fused-ring (bicyclic) bond motifs is 1. The summed E-state index contributed by atoms with van der Waals surface area (Å²) in [5.74, 6) is 1.91. The number of benzene rings is 1. The van der Waals surface area contributed by atoms with Crippen molar-refractivity contribution >= 4 is 22.8 Å². The van der Waals surface area contributed by atoms with Crippen molar-refractivity contribution in [2.75, 3.05) is 12.4 Å². The summed E-state index contributed by atoms with van der Waals surface area (Å²) in [6.45, 7) is 6.73. The van der Waals surface area contributed by atoms with Crippen LogP contribution in [0.25, 0.3) is 10.9 Å². The Bertz CT molecular complexity index is 896. The highest BCUT2D eigenvalue weighted by atomic mass is 16.5. The molecule has 0 aliphatic rings. The standard InChI is InChI=1S/C19H25N5O2/c1-12(2)13(3)24-18(7-8-21-24)23-19(25)20-11-15-9-14-10-16(26-4)5-6-17(14)22-15/h5-10,12-13,22H,11H2,1-4H3,(H2,20,23,25)/t13-/m0/s1. The molecule has 2 aromatic heterocycles. The van der Waals surface area contributed by atoms with E-state index < -0.39 is 0 Å². The fraction of sp³-hybridized carbons (Fsp3) is 0.368. The Balaban J connectivity index is 1.62. The zero-order valence-corrected chi connectivity index (χ0v) is 15.5. The molecule has 3 N–H and O–H groups in total. The van der Waals surface area contributed by atoms with Gasteiger partial charge in [-0.05, 0) is 37.1 Å². The van der Waals surface area contributed by atoms with Gasteiger partial charge in [0, 0.05) is 22.7 Å². The first kappa shape index (κ1) is 17.8. The van der Waals surface area contributed by atoms with E-state index in [1.165, 1.54) is 0 Å². The van der Waals surface area contributed by atoms with Crippen LogP contribution in [-0.4, -0.2) is 27.9 Å². The highest BCUT2D eigenvalue weighted by Crippen LogP contribution is 2.22. The second kappa shape index (κ2) is 7.51. The molecule has 0 fully saturated rings. The number of nitrogens with one attached hydrogen (secondary N) is 3. The molecule has 2 heterocycles. The number of nitrogens with zero attached hydrogens (tertiary/aromatic N) is 2. The number of methoxy groups -OCH3 is 1. The van der Waals surface area contributed by atoms with Crippen LogP contribution >= 0.6 is 0 Å². The Morgan fingerprint density at radius 2 is 2.08 bits per heavy atom. The predicted octanol–water partition coefficient (Wildman–Crippen LogP) is 3.91. The number of hydrogen-bond acceptors (Lipinski definition) is 3. The minimum absolute atomic E-state index is 0.198. The number of carbonyl (C=O) groups excluding carboxylic acids is 1. The molecule has 2 amide bonds. The maximum atomic E-state index is 12.2. The van der Waals surface area contributed by atoms with E-state index in [0.717, 1.165) is 22.3 Å². The molecule has 138 valence electrons. The van der Waals surface area contributed by atoms with Gasteiger partial charge in [0.25, 0.3) is 0 Å². The number of hydrogen-bond donors (Lipinski definition) is 3. The number of aromatic nitrogens is 3. The maximum absolute atomic E-state index is 12.2. The molecule has 3 aromatic rings. The summed E-state index contributed by atoms with van der Waals surface area (Å²) in [6, 6.07) is 9.56. The van der Waals surface area contributed by atoms with Crippen LogP contribution in [-0.2, 0) is 6.54 Å². The zero-order chi connectivity index (χ0) is 18.7. The normalized spacial score (nSPS) is 12.3. The number of H-pyrrole nitrogens is 1. The van der Waals surface area contributed by atoms with E-state index in [-0.39, 0.29) is 12.1 Å². The summed E-state index contributed by atoms with van der Waals surface area (Å²) in [5, 5.41) is 11.1. The zero-order valence-electron chi connectivity index (χ0n) is 15.5. The predicted molar refractivity (Wildman–Crippen MR) is 102 cm³/mol. The molecule has 0 bridgehead atoms. The van der Waals surface area contributed by atoms with Gasteiger partial charge in [0.1, 0.15) is 11.6 Å². The van der Waals surface area contributed by atoms with Crippen molar-refractivity contribution in [2.45, 2.75) is 33.4 Å². The number of amides is 2. The molecule has 0 saturated carbocycles. The summed E-state index contributed by atoms with van der Waals surface area (Å²) in [6.07, 6.45) is 1.69. The number of urea groups is 1. The SMILES string of the molecule is COc1ccc2[nH]c(CNC(=O)Nc3ccnn3[C@@H](C)C(C)C)cc2c1. The largest absolute Gasteiger partial charge is 0.497 e. The van der Waals surface area contributed by atoms with E-state index in [1.807, 2.05) is 28.9 Å². The lowest BCUT2D eigenvalue weighted by Gasteiger charge is -2.19. The lowest BCUT2D eigenvalue weighted by Crippen LogP contribution is -2.30. The van der Waals surface area contributed by atoms with Crippen molar-refractivity contribution < 1.29 is 9.53 Å². The van der Waals surface area contributed by atoms with Crippen LogP contribution in [0.3, 0.4) is 0 Å². The van der Waals surface area contributed by atoms with Crippen molar-refractivity contribution in [2.24, 2.45) is 5.92 Å². The average molecular weight is 355 g/mol. The van der Waals surface area contributed by atoms with Crippen LogP contribution in [0.15, 0.2) is 36.5 Å². The number of ether oxygens (including phenoxy) is 1. The maximum Gasteiger partial charge on any atom is 0.320 e. The van der Waals surface area contributed by atoms with Crippen molar-refractivity contribution in [3.05, 3.63) is 42.2 Å². The van der Waals surface area contributed by atoms with Gasteiger partial charge in [0.2, 0.25) is 0 Å². The molecule has 0 aliphatic heterocycles. The Morgan fingerprint density at radius 1 is 1.27 bits per heavy atom. The van der Waals surface area contributed by atoms with E-state index >= 15 is 0 Å². The van der Waals surface area contributed by atoms with Crippen LogP contribution < -0.4 is 15.4 Å². The van der Waals surface area contributed by atoms with Gasteiger partial charge < -0.3 is 15.0 Å². The average Bonchev–Trinajstić information content (AvgIpc) is 3.24. The molecule has 0 spiro atoms. The molecule has 0 unspecified atom stereocenters. The Kier molecular flexibility index (Phi) is 5.16. The molecular formula is C19H25N5O2. The van der Waals surface area contributed by atoms with Gasteiger partial charge >= 0.3 is 6.03 Å². The van der Waals surface area contributed by atoms with Gasteiger partial charge in [-0.3, -0.25) is 5.32 Å². The second-order valence-corrected chi connectivity index (χ2v) is 6.70. The van der Waals surface area contributed by atoms with Crippen LogP contribution in [0.4, 0.5) is 10.6 Å². The lowest BCUT2D eigenvalue weighted by molar-refractivity contribution is 0.251. The first-order chi connectivity index (χ1) is 12.5. The fourth-order valence-corrected chi connectivity index (χ4v) is 2.75. The van der Waals surface area contributed by atoms with Crippen LogP contribution in [0.5, 0.6) is 5.75 Å². The van der Waals surface area contributed by atoms with Crippen LogP contribution in [0.1, 0.15) is 32.5 Å². The van der Waals surface area contributed by atoms with E-state index in [1.54, 1.807) is 19.4 Å². The molecule has 7 nitrogen and oxygen atoms in total. The minimum Gasteiger partial charge on any atom is -0.497 e. The third kappa shape index (κ3) is 3.82. The van der Waals surface area contributed by atoms with E-state index in [2.05, 4.69) is 41.5 Å². The summed E-state index contributed by atoms with van der Waals surface area (Å²) in [5.41, 5.74) is 1.93. The smallest absolute Gasteiger partial charge is 0.320 e. The van der Waals surface area contributed by atoms with Crippen LogP contribution in [0.2, 0.25) is 0 Å². The van der Waals surface area contributed by atoms with Gasteiger partial charge in [0.15, 0.2) is 0 Å². The van der Waals surface area contributed by atoms with E-state index in [0.29, 0.717) is 18.3 Å². The highest BCUT2D eigenvalue weighted by molar-refractivity contribution is 5.88. The van der Waals surface area contributed by atoms with Gasteiger partial charge in [0.05, 0.1) is 25.9 Å². The molecule has 1 atom stereocenters. The first-order valence-corrected chi connectivity index (χ1v) is 8.72. The van der Waals surface area contributed by atoms with Crippen molar-refractivity contribution in [1.82, 2.24) is 20.1 Å². The van der Waals surface area contributed by atoms with E-state index in [4.69, 9.17) is 4.74 Å². The van der Waals surface area contributed by atoms with Gasteiger partial charge in [-0.15, -0.1) is 0 Å². The molecule has 0 saturated heterocycles. The number of anilines is 1. The summed E-state index contributed by atoms with van der Waals surface area (Å²) in [4.78, 5) is 15.5. The summed E-state index contributed by atoms with van der Waals surface area (Å²) in [7, 11) is 1.64. The Labute approximate surface area is 152 Å². The topological polar surface area (TPSA) is 84.0 Å². The molecule has 0 radical (unpaired) electrons. The van der Waals surface area contributed by atoms with Crippen molar-refractivity contribution in [3.63, 3.8) is 0 Å². The first-order valence-electron chi connectivity index (χ1n) is 8.72. The second-order valence-electron chi connectivity index (χ2n) is 6.70. The monoisotopic (exact) mass is 355 g/mol. The highest BCUT2D eigenvalue weighted by Gasteiger charge is 2.15. The number of carbonyl (C=O) groups is 1. The van der Waals surface area contributed by atoms with E-state index in [9.17, 15) is 4.79 Å².